The largest absolute Gasteiger partial charge is 0.482 e. The van der Waals surface area contributed by atoms with Crippen LogP contribution in [0.3, 0.4) is 0 Å². The van der Waals surface area contributed by atoms with E-state index in [2.05, 4.69) is 36.0 Å². The molecule has 0 saturated carbocycles. The molecule has 170 valence electrons. The molecule has 0 heterocycles. The number of carbonyl (C=O) groups is 1. The van der Waals surface area contributed by atoms with Crippen molar-refractivity contribution in [2.45, 2.75) is 0 Å². The highest BCUT2D eigenvalue weighted by molar-refractivity contribution is 5.81. The normalized spacial score (nSPS) is 9.91. The first-order valence-corrected chi connectivity index (χ1v) is 11.0. The van der Waals surface area contributed by atoms with Crippen LogP contribution in [0, 0.1) is 24.2 Å². The molecule has 0 spiro atoms. The van der Waals surface area contributed by atoms with Gasteiger partial charge in [0.25, 0.3) is 0 Å². The van der Waals surface area contributed by atoms with Crippen molar-refractivity contribution in [2.75, 3.05) is 13.2 Å². The third-order valence-corrected chi connectivity index (χ3v) is 5.19. The molecule has 4 aromatic rings. The van der Waals surface area contributed by atoms with Gasteiger partial charge in [-0.05, 0) is 58.7 Å². The zero-order valence-electron chi connectivity index (χ0n) is 18.9. The Hall–Kier alpha value is -4.93. The van der Waals surface area contributed by atoms with Crippen molar-refractivity contribution in [3.05, 3.63) is 108 Å². The molecule has 0 aliphatic rings. The number of carboxylic acid groups (broad SMARTS) is 1. The Morgan fingerprint density at radius 1 is 0.771 bits per heavy atom. The van der Waals surface area contributed by atoms with Crippen molar-refractivity contribution in [3.8, 4) is 57.9 Å². The van der Waals surface area contributed by atoms with Crippen molar-refractivity contribution in [2.24, 2.45) is 0 Å². The summed E-state index contributed by atoms with van der Waals surface area (Å²) in [5, 5.41) is 8.69. The van der Waals surface area contributed by atoms with Crippen LogP contribution in [0.25, 0.3) is 22.3 Å². The lowest BCUT2D eigenvalue weighted by Crippen LogP contribution is -2.09. The van der Waals surface area contributed by atoms with E-state index in [1.165, 1.54) is 0 Å². The van der Waals surface area contributed by atoms with Crippen molar-refractivity contribution in [1.29, 1.82) is 0 Å². The van der Waals surface area contributed by atoms with Crippen LogP contribution in [0.15, 0.2) is 97.1 Å². The van der Waals surface area contributed by atoms with Gasteiger partial charge < -0.3 is 14.6 Å². The fourth-order valence-electron chi connectivity index (χ4n) is 3.57. The fourth-order valence-corrected chi connectivity index (χ4v) is 3.57. The molecule has 1 N–H and O–H groups in total. The lowest BCUT2D eigenvalue weighted by molar-refractivity contribution is -0.139. The van der Waals surface area contributed by atoms with Crippen LogP contribution in [0.1, 0.15) is 11.1 Å². The van der Waals surface area contributed by atoms with Crippen LogP contribution in [0.2, 0.25) is 0 Å². The maximum absolute atomic E-state index is 10.6. The SMILES string of the molecule is C#Cc1c(C#CCOc2ccc(OCC(=O)O)cc2)cc(-c2ccccc2)cc1-c1ccccc1. The van der Waals surface area contributed by atoms with Crippen LogP contribution in [0.5, 0.6) is 11.5 Å². The van der Waals surface area contributed by atoms with Crippen molar-refractivity contribution in [1.82, 2.24) is 0 Å². The van der Waals surface area contributed by atoms with Gasteiger partial charge in [0.1, 0.15) is 18.1 Å². The van der Waals surface area contributed by atoms with E-state index in [0.717, 1.165) is 33.4 Å². The fraction of sp³-hybridized carbons (Fsp3) is 0.0645. The highest BCUT2D eigenvalue weighted by Crippen LogP contribution is 2.32. The summed E-state index contributed by atoms with van der Waals surface area (Å²) in [6.07, 6.45) is 5.93. The molecule has 0 saturated heterocycles. The third-order valence-electron chi connectivity index (χ3n) is 5.19. The molecule has 0 unspecified atom stereocenters. The Kier molecular flexibility index (Phi) is 7.49. The molecule has 0 aliphatic heterocycles. The molecule has 4 nitrogen and oxygen atoms in total. The Bertz CT molecular complexity index is 1400. The maximum atomic E-state index is 10.6. The van der Waals surface area contributed by atoms with E-state index in [0.29, 0.717) is 11.5 Å². The Morgan fingerprint density at radius 2 is 1.37 bits per heavy atom. The minimum Gasteiger partial charge on any atom is -0.482 e. The summed E-state index contributed by atoms with van der Waals surface area (Å²) in [7, 11) is 0. The van der Waals surface area contributed by atoms with Crippen LogP contribution in [-0.2, 0) is 4.79 Å². The van der Waals surface area contributed by atoms with Crippen LogP contribution >= 0.6 is 0 Å². The summed E-state index contributed by atoms with van der Waals surface area (Å²) in [5.41, 5.74) is 5.60. The second-order valence-corrected chi connectivity index (χ2v) is 7.57. The van der Waals surface area contributed by atoms with Gasteiger partial charge in [-0.15, -0.1) is 6.42 Å². The second-order valence-electron chi connectivity index (χ2n) is 7.57. The molecule has 0 radical (unpaired) electrons. The number of hydrogen-bond donors (Lipinski definition) is 1. The molecular weight excluding hydrogens is 436 g/mol. The molecule has 4 aromatic carbocycles. The topological polar surface area (TPSA) is 55.8 Å². The second kappa shape index (κ2) is 11.3. The molecule has 4 heteroatoms. The number of benzene rings is 4. The van der Waals surface area contributed by atoms with E-state index in [1.807, 2.05) is 54.6 Å². The molecule has 35 heavy (non-hydrogen) atoms. The number of aliphatic carboxylic acids is 1. The average molecular weight is 459 g/mol. The summed E-state index contributed by atoms with van der Waals surface area (Å²) < 4.78 is 10.8. The van der Waals surface area contributed by atoms with Gasteiger partial charge >= 0.3 is 5.97 Å². The summed E-state index contributed by atoms with van der Waals surface area (Å²) >= 11 is 0. The quantitative estimate of drug-likeness (QED) is 0.351. The van der Waals surface area contributed by atoms with Gasteiger partial charge in [-0.3, -0.25) is 0 Å². The Morgan fingerprint density at radius 3 is 1.97 bits per heavy atom. The van der Waals surface area contributed by atoms with E-state index in [9.17, 15) is 4.79 Å². The summed E-state index contributed by atoms with van der Waals surface area (Å²) in [5.74, 6) is 9.10. The maximum Gasteiger partial charge on any atom is 0.341 e. The van der Waals surface area contributed by atoms with Gasteiger partial charge in [0.05, 0.1) is 0 Å². The molecule has 0 fully saturated rings. The van der Waals surface area contributed by atoms with E-state index >= 15 is 0 Å². The first kappa shape index (κ1) is 23.2. The molecule has 0 amide bonds. The standard InChI is InChI=1S/C31H22O4/c1-2-29-25(14-9-19-34-27-15-17-28(18-16-27)35-22-31(32)33)20-26(23-10-5-3-6-11-23)21-30(29)24-12-7-4-8-13-24/h1,3-8,10-13,15-18,20-21H,19,22H2,(H,32,33). The van der Waals surface area contributed by atoms with Crippen LogP contribution in [-0.4, -0.2) is 24.3 Å². The van der Waals surface area contributed by atoms with Gasteiger partial charge in [-0.25, -0.2) is 4.79 Å². The Labute approximate surface area is 204 Å². The molecule has 4 rings (SSSR count). The summed E-state index contributed by atoms with van der Waals surface area (Å²) in [6, 6.07) is 31.0. The number of terminal acetylenes is 1. The number of rotatable bonds is 7. The van der Waals surface area contributed by atoms with E-state index < -0.39 is 12.6 Å². The number of carboxylic acids is 1. The first-order valence-electron chi connectivity index (χ1n) is 11.0. The monoisotopic (exact) mass is 458 g/mol. The predicted octanol–water partition coefficient (Wildman–Crippen LogP) is 5.90. The molecule has 0 bridgehead atoms. The first-order chi connectivity index (χ1) is 17.1. The number of hydrogen-bond acceptors (Lipinski definition) is 3. The molecule has 0 aromatic heterocycles. The zero-order chi connectivity index (χ0) is 24.5. The summed E-state index contributed by atoms with van der Waals surface area (Å²) in [6.45, 7) is -0.230. The predicted molar refractivity (Wildman–Crippen MR) is 137 cm³/mol. The average Bonchev–Trinajstić information content (AvgIpc) is 2.91. The van der Waals surface area contributed by atoms with Gasteiger partial charge in [0.15, 0.2) is 6.61 Å². The van der Waals surface area contributed by atoms with E-state index in [1.54, 1.807) is 24.3 Å². The van der Waals surface area contributed by atoms with Gasteiger partial charge in [0.2, 0.25) is 0 Å². The van der Waals surface area contributed by atoms with Crippen molar-refractivity contribution < 1.29 is 19.4 Å². The van der Waals surface area contributed by atoms with E-state index in [4.69, 9.17) is 21.0 Å². The third kappa shape index (κ3) is 6.11. The lowest BCUT2D eigenvalue weighted by Gasteiger charge is -2.12. The molecular formula is C31H22O4. The lowest BCUT2D eigenvalue weighted by atomic mass is 9.91. The smallest absolute Gasteiger partial charge is 0.341 e. The highest BCUT2D eigenvalue weighted by Gasteiger charge is 2.11. The van der Waals surface area contributed by atoms with Gasteiger partial charge in [-0.2, -0.15) is 0 Å². The summed E-state index contributed by atoms with van der Waals surface area (Å²) in [4.78, 5) is 10.6. The van der Waals surface area contributed by atoms with Crippen LogP contribution < -0.4 is 9.47 Å². The zero-order valence-corrected chi connectivity index (χ0v) is 18.9. The molecule has 0 atom stereocenters. The Balaban J connectivity index is 1.59. The minimum atomic E-state index is -1.03. The van der Waals surface area contributed by atoms with Gasteiger partial charge in [0, 0.05) is 11.1 Å². The van der Waals surface area contributed by atoms with Crippen molar-refractivity contribution in [3.63, 3.8) is 0 Å². The number of ether oxygens (including phenoxy) is 2. The van der Waals surface area contributed by atoms with Crippen LogP contribution in [0.4, 0.5) is 0 Å². The minimum absolute atomic E-state index is 0.162. The highest BCUT2D eigenvalue weighted by atomic mass is 16.5. The van der Waals surface area contributed by atoms with Gasteiger partial charge in [-0.1, -0.05) is 78.4 Å². The van der Waals surface area contributed by atoms with Crippen molar-refractivity contribution >= 4 is 5.97 Å². The van der Waals surface area contributed by atoms with E-state index in [-0.39, 0.29) is 6.61 Å². The molecule has 0 aliphatic carbocycles.